The van der Waals surface area contributed by atoms with Crippen LogP contribution < -0.4 is 0 Å². The van der Waals surface area contributed by atoms with Crippen LogP contribution in [0.5, 0.6) is 0 Å². The normalized spacial score (nSPS) is 12.5. The summed E-state index contributed by atoms with van der Waals surface area (Å²) in [4.78, 5) is 4.54. The quantitative estimate of drug-likeness (QED) is 0.707. The third-order valence-electron chi connectivity index (χ3n) is 4.03. The van der Waals surface area contributed by atoms with E-state index in [0.717, 1.165) is 46.9 Å². The van der Waals surface area contributed by atoms with Crippen LogP contribution in [-0.2, 0) is 0 Å². The zero-order valence-electron chi connectivity index (χ0n) is 12.9. The van der Waals surface area contributed by atoms with E-state index in [0.29, 0.717) is 0 Å². The molecule has 0 saturated carbocycles. The molecule has 0 aliphatic heterocycles. The summed E-state index contributed by atoms with van der Waals surface area (Å²) in [6.45, 7) is 2.15. The molecular weight excluding hydrogens is 270 g/mol. The van der Waals surface area contributed by atoms with Crippen LogP contribution in [0.2, 0.25) is 0 Å². The molecule has 1 N–H and O–H groups in total. The molecule has 0 saturated heterocycles. The maximum absolute atomic E-state index is 10.5. The van der Waals surface area contributed by atoms with Gasteiger partial charge in [0.2, 0.25) is 0 Å². The second-order valence-corrected chi connectivity index (χ2v) is 5.67. The van der Waals surface area contributed by atoms with Crippen molar-refractivity contribution in [1.29, 1.82) is 0 Å². The average Bonchev–Trinajstić information content (AvgIpc) is 2.59. The first-order valence-corrected chi connectivity index (χ1v) is 7.91. The van der Waals surface area contributed by atoms with Gasteiger partial charge in [-0.3, -0.25) is 4.98 Å². The van der Waals surface area contributed by atoms with Gasteiger partial charge in [0.1, 0.15) is 0 Å². The molecule has 3 rings (SSSR count). The van der Waals surface area contributed by atoms with Gasteiger partial charge >= 0.3 is 0 Å². The van der Waals surface area contributed by atoms with Crippen LogP contribution in [0, 0.1) is 0 Å². The number of fused-ring (bicyclic) bond motifs is 1. The number of aromatic nitrogens is 1. The molecule has 1 heterocycles. The number of hydrogen-bond donors (Lipinski definition) is 1. The van der Waals surface area contributed by atoms with Crippen molar-refractivity contribution in [2.75, 3.05) is 0 Å². The molecule has 2 heteroatoms. The van der Waals surface area contributed by atoms with Crippen molar-refractivity contribution in [2.24, 2.45) is 0 Å². The summed E-state index contributed by atoms with van der Waals surface area (Å²) in [6, 6.07) is 18.4. The van der Waals surface area contributed by atoms with Gasteiger partial charge in [-0.2, -0.15) is 0 Å². The fraction of sp³-hybridized carbons (Fsp3) is 0.250. The van der Waals surface area contributed by atoms with E-state index in [1.807, 2.05) is 30.5 Å². The molecule has 0 spiro atoms. The minimum Gasteiger partial charge on any atom is -0.388 e. The molecule has 1 aromatic heterocycles. The van der Waals surface area contributed by atoms with E-state index in [9.17, 15) is 5.11 Å². The highest BCUT2D eigenvalue weighted by Crippen LogP contribution is 2.32. The first-order chi connectivity index (χ1) is 10.8. The lowest BCUT2D eigenvalue weighted by atomic mass is 9.95. The molecule has 0 aliphatic rings. The van der Waals surface area contributed by atoms with Gasteiger partial charge < -0.3 is 5.11 Å². The second-order valence-electron chi connectivity index (χ2n) is 5.67. The summed E-state index contributed by atoms with van der Waals surface area (Å²) >= 11 is 0. The summed E-state index contributed by atoms with van der Waals surface area (Å²) in [7, 11) is 0. The van der Waals surface area contributed by atoms with Crippen LogP contribution in [0.25, 0.3) is 22.0 Å². The van der Waals surface area contributed by atoms with Gasteiger partial charge in [0.25, 0.3) is 0 Å². The van der Waals surface area contributed by atoms with Gasteiger partial charge in [0.05, 0.1) is 11.6 Å². The Labute approximate surface area is 131 Å². The van der Waals surface area contributed by atoms with E-state index in [1.54, 1.807) is 0 Å². The smallest absolute Gasteiger partial charge is 0.0790 e. The van der Waals surface area contributed by atoms with Crippen molar-refractivity contribution < 1.29 is 5.11 Å². The zero-order chi connectivity index (χ0) is 15.4. The molecule has 22 heavy (non-hydrogen) atoms. The Balaban J connectivity index is 2.13. The highest BCUT2D eigenvalue weighted by molar-refractivity contribution is 5.94. The SMILES string of the molecule is CCCCC(O)c1cc(-c2ccccc2)c2ncccc2c1. The fourth-order valence-electron chi connectivity index (χ4n) is 2.81. The Morgan fingerprint density at radius 3 is 2.64 bits per heavy atom. The van der Waals surface area contributed by atoms with Crippen molar-refractivity contribution in [1.82, 2.24) is 4.98 Å². The Kier molecular flexibility index (Phi) is 4.50. The summed E-state index contributed by atoms with van der Waals surface area (Å²) in [6.07, 6.45) is 4.34. The molecule has 2 nitrogen and oxygen atoms in total. The number of rotatable bonds is 5. The molecule has 2 aromatic carbocycles. The van der Waals surface area contributed by atoms with Crippen molar-refractivity contribution in [3.63, 3.8) is 0 Å². The van der Waals surface area contributed by atoms with Gasteiger partial charge in [0.15, 0.2) is 0 Å². The average molecular weight is 291 g/mol. The molecule has 1 atom stereocenters. The lowest BCUT2D eigenvalue weighted by Gasteiger charge is -2.14. The number of aliphatic hydroxyl groups excluding tert-OH is 1. The second kappa shape index (κ2) is 6.71. The van der Waals surface area contributed by atoms with Crippen LogP contribution in [0.15, 0.2) is 60.8 Å². The first-order valence-electron chi connectivity index (χ1n) is 7.91. The Hall–Kier alpha value is -2.19. The van der Waals surface area contributed by atoms with Crippen molar-refractivity contribution in [2.45, 2.75) is 32.3 Å². The summed E-state index contributed by atoms with van der Waals surface area (Å²) in [5.74, 6) is 0. The largest absolute Gasteiger partial charge is 0.388 e. The standard InChI is InChI=1S/C20H21NO/c1-2-3-11-19(22)17-13-16-10-7-12-21-20(16)18(14-17)15-8-5-4-6-9-15/h4-10,12-14,19,22H,2-3,11H2,1H3. The number of aliphatic hydroxyl groups is 1. The highest BCUT2D eigenvalue weighted by Gasteiger charge is 2.12. The number of hydrogen-bond acceptors (Lipinski definition) is 2. The zero-order valence-corrected chi connectivity index (χ0v) is 12.9. The van der Waals surface area contributed by atoms with Crippen LogP contribution in [0.4, 0.5) is 0 Å². The minimum atomic E-state index is -0.410. The van der Waals surface area contributed by atoms with Gasteiger partial charge in [-0.05, 0) is 35.7 Å². The first kappa shape index (κ1) is 14.7. The fourth-order valence-corrected chi connectivity index (χ4v) is 2.81. The van der Waals surface area contributed by atoms with Crippen LogP contribution in [0.3, 0.4) is 0 Å². The van der Waals surface area contributed by atoms with Crippen LogP contribution in [0.1, 0.15) is 37.9 Å². The number of unbranched alkanes of at least 4 members (excludes halogenated alkanes) is 1. The molecule has 0 fully saturated rings. The molecule has 1 unspecified atom stereocenters. The van der Waals surface area contributed by atoms with Gasteiger partial charge in [-0.25, -0.2) is 0 Å². The van der Waals surface area contributed by atoms with E-state index in [-0.39, 0.29) is 0 Å². The third-order valence-corrected chi connectivity index (χ3v) is 4.03. The van der Waals surface area contributed by atoms with Crippen molar-refractivity contribution >= 4 is 10.9 Å². The molecule has 0 aliphatic carbocycles. The summed E-state index contributed by atoms with van der Waals surface area (Å²) in [5, 5.41) is 11.5. The molecule has 0 bridgehead atoms. The van der Waals surface area contributed by atoms with E-state index in [2.05, 4.69) is 42.2 Å². The molecule has 0 radical (unpaired) electrons. The van der Waals surface area contributed by atoms with Crippen molar-refractivity contribution in [3.05, 3.63) is 66.4 Å². The monoisotopic (exact) mass is 291 g/mol. The maximum Gasteiger partial charge on any atom is 0.0790 e. The molecule has 112 valence electrons. The maximum atomic E-state index is 10.5. The van der Waals surface area contributed by atoms with Gasteiger partial charge in [-0.15, -0.1) is 0 Å². The van der Waals surface area contributed by atoms with Gasteiger partial charge in [0, 0.05) is 17.1 Å². The van der Waals surface area contributed by atoms with Crippen LogP contribution >= 0.6 is 0 Å². The summed E-state index contributed by atoms with van der Waals surface area (Å²) in [5.41, 5.74) is 4.19. The predicted molar refractivity (Wildman–Crippen MR) is 91.7 cm³/mol. The van der Waals surface area contributed by atoms with E-state index < -0.39 is 6.10 Å². The van der Waals surface area contributed by atoms with E-state index in [4.69, 9.17) is 0 Å². The predicted octanol–water partition coefficient (Wildman–Crippen LogP) is 5.13. The minimum absolute atomic E-state index is 0.410. The Morgan fingerprint density at radius 2 is 1.86 bits per heavy atom. The molecular formula is C20H21NO. The molecule has 0 amide bonds. The highest BCUT2D eigenvalue weighted by atomic mass is 16.3. The number of pyridine rings is 1. The lowest BCUT2D eigenvalue weighted by molar-refractivity contribution is 0.164. The van der Waals surface area contributed by atoms with E-state index in [1.165, 1.54) is 0 Å². The van der Waals surface area contributed by atoms with E-state index >= 15 is 0 Å². The van der Waals surface area contributed by atoms with Crippen molar-refractivity contribution in [3.8, 4) is 11.1 Å². The Bertz CT molecular complexity index is 752. The van der Waals surface area contributed by atoms with Gasteiger partial charge in [-0.1, -0.05) is 56.2 Å². The topological polar surface area (TPSA) is 33.1 Å². The Morgan fingerprint density at radius 1 is 1.05 bits per heavy atom. The third kappa shape index (κ3) is 3.02. The lowest BCUT2D eigenvalue weighted by Crippen LogP contribution is -1.99. The molecule has 3 aromatic rings. The number of benzene rings is 2. The van der Waals surface area contributed by atoms with Crippen LogP contribution in [-0.4, -0.2) is 10.1 Å². The summed E-state index contributed by atoms with van der Waals surface area (Å²) < 4.78 is 0. The number of nitrogens with zero attached hydrogens (tertiary/aromatic N) is 1.